The minimum absolute atomic E-state index is 0.137. The molecule has 2 rings (SSSR count). The molecule has 0 aliphatic rings. The second kappa shape index (κ2) is 4.39. The fourth-order valence-electron chi connectivity index (χ4n) is 1.04. The number of aromatic nitrogens is 3. The van der Waals surface area contributed by atoms with E-state index >= 15 is 0 Å². The van der Waals surface area contributed by atoms with Gasteiger partial charge in [-0.3, -0.25) is 9.97 Å². The van der Waals surface area contributed by atoms with Gasteiger partial charge in [0.15, 0.2) is 5.69 Å². The van der Waals surface area contributed by atoms with E-state index in [0.717, 1.165) is 6.26 Å². The van der Waals surface area contributed by atoms with E-state index in [2.05, 4.69) is 20.3 Å². The Morgan fingerprint density at radius 2 is 2.38 bits per heavy atom. The van der Waals surface area contributed by atoms with Gasteiger partial charge in [0.2, 0.25) is 0 Å². The highest BCUT2D eigenvalue weighted by molar-refractivity contribution is 5.85. The van der Waals surface area contributed by atoms with Crippen molar-refractivity contribution in [2.45, 2.75) is 6.54 Å². The molecule has 82 valence electrons. The van der Waals surface area contributed by atoms with Crippen LogP contribution in [0, 0.1) is 0 Å². The molecule has 2 N–H and O–H groups in total. The Bertz CT molecular complexity index is 483. The molecule has 2 heterocycles. The summed E-state index contributed by atoms with van der Waals surface area (Å²) in [5, 5.41) is 11.4. The number of carboxylic acid groups (broad SMARTS) is 1. The quantitative estimate of drug-likeness (QED) is 0.784. The van der Waals surface area contributed by atoms with Gasteiger partial charge < -0.3 is 14.8 Å². The lowest BCUT2D eigenvalue weighted by molar-refractivity contribution is 0.0690. The smallest absolute Gasteiger partial charge is 0.357 e. The summed E-state index contributed by atoms with van der Waals surface area (Å²) >= 11 is 0. The zero-order chi connectivity index (χ0) is 11.4. The van der Waals surface area contributed by atoms with Crippen molar-refractivity contribution in [3.05, 3.63) is 36.2 Å². The Kier molecular flexibility index (Phi) is 2.77. The van der Waals surface area contributed by atoms with Crippen molar-refractivity contribution in [3.8, 4) is 0 Å². The number of rotatable bonds is 4. The molecular weight excluding hydrogens is 212 g/mol. The molecule has 2 aromatic rings. The van der Waals surface area contributed by atoms with E-state index in [1.54, 1.807) is 18.6 Å². The van der Waals surface area contributed by atoms with Crippen molar-refractivity contribution < 1.29 is 14.3 Å². The van der Waals surface area contributed by atoms with Gasteiger partial charge in [-0.25, -0.2) is 4.79 Å². The van der Waals surface area contributed by atoms with Crippen LogP contribution in [0.15, 0.2) is 29.3 Å². The number of hydrogen-bond donors (Lipinski definition) is 2. The van der Waals surface area contributed by atoms with Crippen molar-refractivity contribution in [2.75, 3.05) is 5.32 Å². The normalized spacial score (nSPS) is 10.0. The Morgan fingerprint density at radius 1 is 1.50 bits per heavy atom. The van der Waals surface area contributed by atoms with E-state index < -0.39 is 5.97 Å². The Labute approximate surface area is 90.2 Å². The molecule has 16 heavy (non-hydrogen) atoms. The predicted molar refractivity (Wildman–Crippen MR) is 52.8 cm³/mol. The van der Waals surface area contributed by atoms with Gasteiger partial charge in [0.1, 0.15) is 6.26 Å². The van der Waals surface area contributed by atoms with Crippen LogP contribution in [0.4, 0.5) is 6.01 Å². The van der Waals surface area contributed by atoms with E-state index in [1.165, 1.54) is 0 Å². The molecule has 7 nitrogen and oxygen atoms in total. The van der Waals surface area contributed by atoms with Crippen LogP contribution in [-0.2, 0) is 6.54 Å². The molecular formula is C9H8N4O3. The minimum Gasteiger partial charge on any atom is -0.476 e. The van der Waals surface area contributed by atoms with E-state index in [0.29, 0.717) is 12.2 Å². The van der Waals surface area contributed by atoms with Gasteiger partial charge in [0.25, 0.3) is 6.01 Å². The van der Waals surface area contributed by atoms with Crippen molar-refractivity contribution >= 4 is 12.0 Å². The summed E-state index contributed by atoms with van der Waals surface area (Å²) in [5.74, 6) is -1.13. The number of aromatic carboxylic acids is 1. The first-order valence-electron chi connectivity index (χ1n) is 4.43. The summed E-state index contributed by atoms with van der Waals surface area (Å²) in [5.41, 5.74) is 0.569. The van der Waals surface area contributed by atoms with Gasteiger partial charge in [0, 0.05) is 12.4 Å². The maximum absolute atomic E-state index is 10.5. The largest absolute Gasteiger partial charge is 0.476 e. The summed E-state index contributed by atoms with van der Waals surface area (Å²) < 4.78 is 4.90. The molecule has 0 radical (unpaired) electrons. The Morgan fingerprint density at radius 3 is 3.00 bits per heavy atom. The summed E-state index contributed by atoms with van der Waals surface area (Å²) in [6.07, 6.45) is 5.79. The third-order valence-electron chi connectivity index (χ3n) is 1.76. The van der Waals surface area contributed by atoms with Crippen LogP contribution in [-0.4, -0.2) is 26.0 Å². The van der Waals surface area contributed by atoms with Crippen molar-refractivity contribution in [2.24, 2.45) is 0 Å². The molecule has 0 atom stereocenters. The fourth-order valence-corrected chi connectivity index (χ4v) is 1.04. The van der Waals surface area contributed by atoms with Crippen LogP contribution < -0.4 is 5.32 Å². The number of oxazole rings is 1. The van der Waals surface area contributed by atoms with Gasteiger partial charge >= 0.3 is 5.97 Å². The number of nitrogens with zero attached hydrogens (tertiary/aromatic N) is 3. The first-order chi connectivity index (χ1) is 7.75. The third-order valence-corrected chi connectivity index (χ3v) is 1.76. The van der Waals surface area contributed by atoms with Gasteiger partial charge in [-0.1, -0.05) is 0 Å². The molecule has 0 fully saturated rings. The van der Waals surface area contributed by atoms with Crippen molar-refractivity contribution in [1.29, 1.82) is 0 Å². The highest BCUT2D eigenvalue weighted by atomic mass is 16.4. The SMILES string of the molecule is O=C(O)c1coc(NCc2cnccn2)n1. The zero-order valence-electron chi connectivity index (χ0n) is 8.12. The van der Waals surface area contributed by atoms with Crippen LogP contribution in [0.25, 0.3) is 0 Å². The summed E-state index contributed by atoms with van der Waals surface area (Å²) in [6.45, 7) is 0.368. The molecule has 0 spiro atoms. The summed E-state index contributed by atoms with van der Waals surface area (Å²) in [4.78, 5) is 22.1. The number of carbonyl (C=O) groups is 1. The molecule has 2 aromatic heterocycles. The maximum Gasteiger partial charge on any atom is 0.357 e. The first-order valence-corrected chi connectivity index (χ1v) is 4.43. The molecule has 0 aliphatic carbocycles. The predicted octanol–water partition coefficient (Wildman–Crippen LogP) is 0.775. The van der Waals surface area contributed by atoms with Crippen LogP contribution >= 0.6 is 0 Å². The lowest BCUT2D eigenvalue weighted by atomic mass is 10.4. The highest BCUT2D eigenvalue weighted by Gasteiger charge is 2.09. The number of anilines is 1. The van der Waals surface area contributed by atoms with Crippen molar-refractivity contribution in [1.82, 2.24) is 15.0 Å². The van der Waals surface area contributed by atoms with Gasteiger partial charge in [0.05, 0.1) is 18.4 Å². The molecule has 0 bridgehead atoms. The Hall–Kier alpha value is -2.44. The lowest BCUT2D eigenvalue weighted by Gasteiger charge is -1.99. The average Bonchev–Trinajstić information content (AvgIpc) is 2.76. The van der Waals surface area contributed by atoms with E-state index in [1.807, 2.05) is 0 Å². The molecule has 0 saturated heterocycles. The standard InChI is InChI=1S/C9H8N4O3/c14-8(15)7-5-16-9(13-7)12-4-6-3-10-1-2-11-6/h1-3,5H,4H2,(H,12,13)(H,14,15). The van der Waals surface area contributed by atoms with E-state index in [9.17, 15) is 4.79 Å². The third kappa shape index (κ3) is 2.32. The molecule has 0 saturated carbocycles. The van der Waals surface area contributed by atoms with Gasteiger partial charge in [-0.15, -0.1) is 0 Å². The zero-order valence-corrected chi connectivity index (χ0v) is 8.12. The highest BCUT2D eigenvalue weighted by Crippen LogP contribution is 2.08. The number of nitrogens with one attached hydrogen (secondary N) is 1. The van der Waals surface area contributed by atoms with Crippen LogP contribution in [0.2, 0.25) is 0 Å². The maximum atomic E-state index is 10.5. The molecule has 0 aromatic carbocycles. The monoisotopic (exact) mass is 220 g/mol. The topological polar surface area (TPSA) is 101 Å². The van der Waals surface area contributed by atoms with E-state index in [4.69, 9.17) is 9.52 Å². The molecule has 0 aliphatic heterocycles. The molecule has 0 unspecified atom stereocenters. The van der Waals surface area contributed by atoms with Crippen LogP contribution in [0.3, 0.4) is 0 Å². The van der Waals surface area contributed by atoms with Gasteiger partial charge in [-0.2, -0.15) is 4.98 Å². The van der Waals surface area contributed by atoms with Crippen LogP contribution in [0.1, 0.15) is 16.2 Å². The van der Waals surface area contributed by atoms with Gasteiger partial charge in [-0.05, 0) is 0 Å². The van der Waals surface area contributed by atoms with Crippen LogP contribution in [0.5, 0.6) is 0 Å². The Balaban J connectivity index is 1.97. The first kappa shape index (κ1) is 10.1. The van der Waals surface area contributed by atoms with Crippen molar-refractivity contribution in [3.63, 3.8) is 0 Å². The fraction of sp³-hybridized carbons (Fsp3) is 0.111. The number of carboxylic acids is 1. The molecule has 7 heteroatoms. The summed E-state index contributed by atoms with van der Waals surface area (Å²) in [7, 11) is 0. The molecule has 0 amide bonds. The number of hydrogen-bond acceptors (Lipinski definition) is 6. The second-order valence-corrected chi connectivity index (χ2v) is 2.89. The minimum atomic E-state index is -1.13. The van der Waals surface area contributed by atoms with E-state index in [-0.39, 0.29) is 11.7 Å². The summed E-state index contributed by atoms with van der Waals surface area (Å²) in [6, 6.07) is 0.142. The second-order valence-electron chi connectivity index (χ2n) is 2.89. The lowest BCUT2D eigenvalue weighted by Crippen LogP contribution is -2.03. The average molecular weight is 220 g/mol.